The van der Waals surface area contributed by atoms with Crippen molar-refractivity contribution in [3.63, 3.8) is 0 Å². The van der Waals surface area contributed by atoms with E-state index in [4.69, 9.17) is 5.26 Å². The maximum absolute atomic E-state index is 11.8. The molecule has 1 aromatic carbocycles. The smallest absolute Gasteiger partial charge is 0.176 e. The lowest BCUT2D eigenvalue weighted by molar-refractivity contribution is 0.0995. The molecule has 0 aliphatic heterocycles. The molecule has 78 valence electrons. The molecule has 2 nitrogen and oxygen atoms in total. The molecule has 0 N–H and O–H groups in total. The Hall–Kier alpha value is -0.790. The number of thiol groups is 1. The lowest BCUT2D eigenvalue weighted by Gasteiger charge is -2.08. The van der Waals surface area contributed by atoms with Gasteiger partial charge in [0.25, 0.3) is 0 Å². The van der Waals surface area contributed by atoms with Crippen molar-refractivity contribution in [2.45, 2.75) is 23.1 Å². The van der Waals surface area contributed by atoms with Gasteiger partial charge in [0, 0.05) is 10.5 Å². The first-order valence-corrected chi connectivity index (χ1v) is 5.79. The Balaban J connectivity index is 3.17. The number of alkyl halides is 1. The van der Waals surface area contributed by atoms with Gasteiger partial charge in [0.05, 0.1) is 17.3 Å². The van der Waals surface area contributed by atoms with Crippen LogP contribution in [0, 0.1) is 11.3 Å². The van der Waals surface area contributed by atoms with E-state index in [1.165, 1.54) is 0 Å². The van der Waals surface area contributed by atoms with Gasteiger partial charge in [-0.25, -0.2) is 0 Å². The fourth-order valence-electron chi connectivity index (χ4n) is 1.27. The molecular formula is C11H10BrNOS. The van der Waals surface area contributed by atoms with E-state index in [0.717, 1.165) is 10.5 Å². The van der Waals surface area contributed by atoms with Crippen molar-refractivity contribution in [3.8, 4) is 6.07 Å². The van der Waals surface area contributed by atoms with Crippen LogP contribution < -0.4 is 0 Å². The predicted octanol–water partition coefficient (Wildman–Crippen LogP) is 3.01. The summed E-state index contributed by atoms with van der Waals surface area (Å²) < 4.78 is 0. The largest absolute Gasteiger partial charge is 0.293 e. The lowest BCUT2D eigenvalue weighted by atomic mass is 10.0. The van der Waals surface area contributed by atoms with Gasteiger partial charge in [-0.05, 0) is 30.7 Å². The van der Waals surface area contributed by atoms with Crippen molar-refractivity contribution in [3.05, 3.63) is 29.3 Å². The molecule has 15 heavy (non-hydrogen) atoms. The van der Waals surface area contributed by atoms with Gasteiger partial charge in [-0.2, -0.15) is 5.26 Å². The number of carbonyl (C=O) groups excluding carboxylic acids is 1. The fourth-order valence-corrected chi connectivity index (χ4v) is 1.74. The zero-order chi connectivity index (χ0) is 11.4. The second-order valence-electron chi connectivity index (χ2n) is 3.16. The minimum atomic E-state index is -0.235. The van der Waals surface area contributed by atoms with Crippen molar-refractivity contribution < 1.29 is 4.79 Å². The molecule has 0 saturated heterocycles. The van der Waals surface area contributed by atoms with Gasteiger partial charge in [-0.1, -0.05) is 15.9 Å². The number of ketones is 1. The Morgan fingerprint density at radius 2 is 2.33 bits per heavy atom. The van der Waals surface area contributed by atoms with E-state index in [0.29, 0.717) is 5.56 Å². The molecule has 0 heterocycles. The van der Waals surface area contributed by atoms with Crippen LogP contribution >= 0.6 is 28.6 Å². The highest BCUT2D eigenvalue weighted by molar-refractivity contribution is 9.10. The second-order valence-corrected chi connectivity index (χ2v) is 5.05. The number of benzene rings is 1. The molecule has 0 aliphatic rings. The van der Waals surface area contributed by atoms with Crippen LogP contribution in [0.5, 0.6) is 0 Å². The Bertz CT molecular complexity index is 423. The number of hydrogen-bond acceptors (Lipinski definition) is 3. The summed E-state index contributed by atoms with van der Waals surface area (Å²) in [6, 6.07) is 7.28. The van der Waals surface area contributed by atoms with Crippen LogP contribution in [-0.2, 0) is 6.42 Å². The molecule has 0 amide bonds. The van der Waals surface area contributed by atoms with E-state index < -0.39 is 0 Å². The number of Topliss-reactive ketones (excluding diaryl/α,β-unsaturated/α-hetero) is 1. The van der Waals surface area contributed by atoms with Gasteiger partial charge in [0.15, 0.2) is 5.78 Å². The van der Waals surface area contributed by atoms with Gasteiger partial charge >= 0.3 is 0 Å². The van der Waals surface area contributed by atoms with Crippen LogP contribution in [0.2, 0.25) is 0 Å². The topological polar surface area (TPSA) is 40.9 Å². The minimum Gasteiger partial charge on any atom is -0.293 e. The van der Waals surface area contributed by atoms with Gasteiger partial charge in [0.2, 0.25) is 0 Å². The highest BCUT2D eigenvalue weighted by atomic mass is 79.9. The van der Waals surface area contributed by atoms with E-state index in [1.54, 1.807) is 25.1 Å². The number of halogens is 1. The number of rotatable bonds is 3. The maximum atomic E-state index is 11.8. The third-order valence-electron chi connectivity index (χ3n) is 1.99. The zero-order valence-corrected chi connectivity index (χ0v) is 10.7. The molecule has 1 atom stereocenters. The molecule has 0 spiro atoms. The normalized spacial score (nSPS) is 11.9. The van der Waals surface area contributed by atoms with Crippen molar-refractivity contribution in [2.24, 2.45) is 0 Å². The summed E-state index contributed by atoms with van der Waals surface area (Å²) in [4.78, 5) is 12.3. The number of nitriles is 1. The summed E-state index contributed by atoms with van der Waals surface area (Å²) in [5, 5.41) is 8.66. The Morgan fingerprint density at radius 1 is 1.67 bits per heavy atom. The highest BCUT2D eigenvalue weighted by Crippen LogP contribution is 2.19. The van der Waals surface area contributed by atoms with Crippen LogP contribution in [0.4, 0.5) is 0 Å². The van der Waals surface area contributed by atoms with Gasteiger partial charge in [-0.15, -0.1) is 12.6 Å². The first kappa shape index (κ1) is 12.3. The van der Waals surface area contributed by atoms with Crippen molar-refractivity contribution in [2.75, 3.05) is 0 Å². The highest BCUT2D eigenvalue weighted by Gasteiger charge is 2.15. The summed E-state index contributed by atoms with van der Waals surface area (Å²) in [5.41, 5.74) is 1.33. The fraction of sp³-hybridized carbons (Fsp3) is 0.273. The summed E-state index contributed by atoms with van der Waals surface area (Å²) >= 11 is 7.41. The SMILES string of the molecule is CC(Br)C(=O)c1ccc(S)cc1CC#N. The van der Waals surface area contributed by atoms with Crippen LogP contribution in [0.3, 0.4) is 0 Å². The van der Waals surface area contributed by atoms with Crippen molar-refractivity contribution >= 4 is 34.3 Å². The maximum Gasteiger partial charge on any atom is 0.176 e. The molecule has 0 aliphatic carbocycles. The van der Waals surface area contributed by atoms with Crippen molar-refractivity contribution in [1.29, 1.82) is 5.26 Å². The van der Waals surface area contributed by atoms with E-state index in [-0.39, 0.29) is 17.0 Å². The van der Waals surface area contributed by atoms with Crippen molar-refractivity contribution in [1.82, 2.24) is 0 Å². The number of hydrogen-bond donors (Lipinski definition) is 1. The third kappa shape index (κ3) is 3.08. The molecule has 4 heteroatoms. The van der Waals surface area contributed by atoms with Crippen LogP contribution in [-0.4, -0.2) is 10.6 Å². The first-order valence-electron chi connectivity index (χ1n) is 4.43. The molecule has 1 rings (SSSR count). The minimum absolute atomic E-state index is 0.00594. The van der Waals surface area contributed by atoms with Crippen LogP contribution in [0.1, 0.15) is 22.8 Å². The first-order chi connectivity index (χ1) is 7.06. The average Bonchev–Trinajstić information content (AvgIpc) is 2.17. The quantitative estimate of drug-likeness (QED) is 0.526. The monoisotopic (exact) mass is 283 g/mol. The van der Waals surface area contributed by atoms with E-state index in [1.807, 2.05) is 6.07 Å². The molecule has 1 unspecified atom stereocenters. The van der Waals surface area contributed by atoms with Crippen LogP contribution in [0.25, 0.3) is 0 Å². The molecule has 0 aromatic heterocycles. The van der Waals surface area contributed by atoms with Gasteiger partial charge < -0.3 is 0 Å². The molecule has 0 fully saturated rings. The molecule has 0 bridgehead atoms. The summed E-state index contributed by atoms with van der Waals surface area (Å²) in [6.07, 6.45) is 0.231. The number of carbonyl (C=O) groups is 1. The Labute approximate surface area is 103 Å². The zero-order valence-electron chi connectivity index (χ0n) is 8.20. The Kier molecular flexibility index (Phi) is 4.37. The summed E-state index contributed by atoms with van der Waals surface area (Å²) in [5.74, 6) is -0.00594. The molecule has 1 aromatic rings. The van der Waals surface area contributed by atoms with E-state index >= 15 is 0 Å². The third-order valence-corrected chi connectivity index (χ3v) is 2.68. The predicted molar refractivity (Wildman–Crippen MR) is 65.7 cm³/mol. The standard InChI is InChI=1S/C11H10BrNOS/c1-7(12)11(14)10-3-2-9(15)6-8(10)4-5-13/h2-3,6-7,15H,4H2,1H3. The van der Waals surface area contributed by atoms with Gasteiger partial charge in [-0.3, -0.25) is 4.79 Å². The van der Waals surface area contributed by atoms with E-state index in [9.17, 15) is 4.79 Å². The van der Waals surface area contributed by atoms with E-state index in [2.05, 4.69) is 28.6 Å². The summed E-state index contributed by atoms with van der Waals surface area (Å²) in [7, 11) is 0. The second kappa shape index (κ2) is 5.34. The Morgan fingerprint density at radius 3 is 2.87 bits per heavy atom. The molecular weight excluding hydrogens is 274 g/mol. The lowest BCUT2D eigenvalue weighted by Crippen LogP contribution is -2.12. The molecule has 0 saturated carbocycles. The summed E-state index contributed by atoms with van der Waals surface area (Å²) in [6.45, 7) is 1.77. The van der Waals surface area contributed by atoms with Crippen LogP contribution in [0.15, 0.2) is 23.1 Å². The average molecular weight is 284 g/mol. The number of nitrogens with zero attached hydrogens (tertiary/aromatic N) is 1. The van der Waals surface area contributed by atoms with Gasteiger partial charge in [0.1, 0.15) is 0 Å². The molecule has 0 radical (unpaired) electrons.